The first kappa shape index (κ1) is 13.5. The second-order valence-electron chi connectivity index (χ2n) is 4.37. The van der Waals surface area contributed by atoms with Crippen molar-refractivity contribution >= 4 is 27.3 Å². The van der Waals surface area contributed by atoms with E-state index in [9.17, 15) is 0 Å². The Bertz CT molecular complexity index is 350. The van der Waals surface area contributed by atoms with Crippen LogP contribution in [0.4, 0.5) is 0 Å². The van der Waals surface area contributed by atoms with E-state index in [1.54, 1.807) is 11.3 Å². The number of ether oxygens (including phenoxy) is 2. The van der Waals surface area contributed by atoms with E-state index >= 15 is 0 Å². The average molecular weight is 320 g/mol. The van der Waals surface area contributed by atoms with Crippen molar-refractivity contribution in [2.45, 2.75) is 38.0 Å². The third kappa shape index (κ3) is 3.76. The van der Waals surface area contributed by atoms with Crippen LogP contribution in [-0.4, -0.2) is 25.4 Å². The molecule has 1 aliphatic heterocycles. The van der Waals surface area contributed by atoms with E-state index in [1.165, 1.54) is 4.88 Å². The molecule has 96 valence electrons. The van der Waals surface area contributed by atoms with Gasteiger partial charge < -0.3 is 15.2 Å². The zero-order chi connectivity index (χ0) is 12.3. The van der Waals surface area contributed by atoms with Gasteiger partial charge in [0.25, 0.3) is 0 Å². The molecule has 0 bridgehead atoms. The molecule has 2 heterocycles. The Hall–Kier alpha value is 0.0600. The van der Waals surface area contributed by atoms with Crippen LogP contribution in [0.5, 0.6) is 0 Å². The van der Waals surface area contributed by atoms with Gasteiger partial charge in [0.05, 0.1) is 9.89 Å². The normalized spacial score (nSPS) is 21.4. The summed E-state index contributed by atoms with van der Waals surface area (Å²) in [7, 11) is 0. The highest BCUT2D eigenvalue weighted by atomic mass is 79.9. The highest BCUT2D eigenvalue weighted by Gasteiger charge is 2.24. The van der Waals surface area contributed by atoms with Crippen LogP contribution in [-0.2, 0) is 9.47 Å². The van der Waals surface area contributed by atoms with E-state index in [1.807, 2.05) is 13.0 Å². The maximum atomic E-state index is 6.14. The lowest BCUT2D eigenvalue weighted by Gasteiger charge is -2.29. The average Bonchev–Trinajstić information content (AvgIpc) is 2.73. The number of nitrogens with two attached hydrogens (primary N) is 1. The molecule has 5 heteroatoms. The van der Waals surface area contributed by atoms with Gasteiger partial charge in [-0.1, -0.05) is 0 Å². The minimum Gasteiger partial charge on any atom is -0.381 e. The van der Waals surface area contributed by atoms with E-state index in [-0.39, 0.29) is 18.2 Å². The van der Waals surface area contributed by atoms with Crippen molar-refractivity contribution in [3.8, 4) is 0 Å². The Kier molecular flexibility index (Phi) is 4.99. The van der Waals surface area contributed by atoms with Gasteiger partial charge in [0.1, 0.15) is 6.10 Å². The van der Waals surface area contributed by atoms with Gasteiger partial charge in [-0.25, -0.2) is 0 Å². The van der Waals surface area contributed by atoms with Crippen molar-refractivity contribution < 1.29 is 9.47 Å². The van der Waals surface area contributed by atoms with E-state index in [0.29, 0.717) is 0 Å². The van der Waals surface area contributed by atoms with Crippen molar-refractivity contribution in [3.05, 3.63) is 20.8 Å². The van der Waals surface area contributed by atoms with Crippen LogP contribution >= 0.6 is 27.3 Å². The van der Waals surface area contributed by atoms with Crippen molar-refractivity contribution in [3.63, 3.8) is 0 Å². The zero-order valence-corrected chi connectivity index (χ0v) is 12.3. The summed E-state index contributed by atoms with van der Waals surface area (Å²) >= 11 is 5.17. The molecule has 1 aromatic rings. The molecule has 2 rings (SSSR count). The molecular formula is C12H18BrNO2S. The summed E-state index contributed by atoms with van der Waals surface area (Å²) in [6.07, 6.45) is 2.21. The zero-order valence-electron chi connectivity index (χ0n) is 9.90. The molecule has 17 heavy (non-hydrogen) atoms. The molecule has 0 amide bonds. The molecular weight excluding hydrogens is 302 g/mol. The van der Waals surface area contributed by atoms with Crippen LogP contribution in [0.2, 0.25) is 0 Å². The SMILES string of the molecule is CC(N)C(OC1CCOCC1)c1ccc(Br)s1. The summed E-state index contributed by atoms with van der Waals surface area (Å²) in [5, 5.41) is 0. The van der Waals surface area contributed by atoms with Gasteiger partial charge in [0.2, 0.25) is 0 Å². The molecule has 2 unspecified atom stereocenters. The summed E-state index contributed by atoms with van der Waals surface area (Å²) in [4.78, 5) is 1.19. The summed E-state index contributed by atoms with van der Waals surface area (Å²) in [5.74, 6) is 0. The Morgan fingerprint density at radius 1 is 1.47 bits per heavy atom. The number of hydrogen-bond donors (Lipinski definition) is 1. The first-order chi connectivity index (χ1) is 8.16. The molecule has 1 saturated heterocycles. The van der Waals surface area contributed by atoms with Crippen LogP contribution in [0, 0.1) is 0 Å². The molecule has 0 aromatic carbocycles. The van der Waals surface area contributed by atoms with E-state index in [4.69, 9.17) is 15.2 Å². The number of rotatable bonds is 4. The monoisotopic (exact) mass is 319 g/mol. The summed E-state index contributed by atoms with van der Waals surface area (Å²) in [6.45, 7) is 3.59. The quantitative estimate of drug-likeness (QED) is 0.927. The van der Waals surface area contributed by atoms with Crippen LogP contribution in [0.3, 0.4) is 0 Å². The lowest BCUT2D eigenvalue weighted by molar-refractivity contribution is -0.0746. The van der Waals surface area contributed by atoms with Crippen molar-refractivity contribution in [2.24, 2.45) is 5.73 Å². The smallest absolute Gasteiger partial charge is 0.107 e. The van der Waals surface area contributed by atoms with E-state index in [0.717, 1.165) is 29.8 Å². The summed E-state index contributed by atoms with van der Waals surface area (Å²) in [5.41, 5.74) is 6.03. The van der Waals surface area contributed by atoms with Gasteiger partial charge in [-0.15, -0.1) is 11.3 Å². The molecule has 1 fully saturated rings. The van der Waals surface area contributed by atoms with Gasteiger partial charge in [0, 0.05) is 24.1 Å². The van der Waals surface area contributed by atoms with Crippen molar-refractivity contribution in [1.29, 1.82) is 0 Å². The van der Waals surface area contributed by atoms with Crippen LogP contribution in [0.25, 0.3) is 0 Å². The molecule has 0 radical (unpaired) electrons. The van der Waals surface area contributed by atoms with Gasteiger partial charge >= 0.3 is 0 Å². The summed E-state index contributed by atoms with van der Waals surface area (Å²) in [6, 6.07) is 4.13. The maximum absolute atomic E-state index is 6.14. The summed E-state index contributed by atoms with van der Waals surface area (Å²) < 4.78 is 12.6. The van der Waals surface area contributed by atoms with Crippen molar-refractivity contribution in [2.75, 3.05) is 13.2 Å². The van der Waals surface area contributed by atoms with Crippen molar-refractivity contribution in [1.82, 2.24) is 0 Å². The van der Waals surface area contributed by atoms with Gasteiger partial charge in [0.15, 0.2) is 0 Å². The lowest BCUT2D eigenvalue weighted by Crippen LogP contribution is -2.32. The fraction of sp³-hybridized carbons (Fsp3) is 0.667. The van der Waals surface area contributed by atoms with Gasteiger partial charge in [-0.05, 0) is 47.8 Å². The molecule has 0 saturated carbocycles. The van der Waals surface area contributed by atoms with E-state index < -0.39 is 0 Å². The minimum absolute atomic E-state index is 0.00314. The fourth-order valence-electron chi connectivity index (χ4n) is 1.95. The Morgan fingerprint density at radius 3 is 2.71 bits per heavy atom. The fourth-order valence-corrected chi connectivity index (χ4v) is 3.53. The van der Waals surface area contributed by atoms with Crippen LogP contribution < -0.4 is 5.73 Å². The predicted octanol–water partition coefficient (Wildman–Crippen LogP) is 3.09. The number of hydrogen-bond acceptors (Lipinski definition) is 4. The molecule has 1 aliphatic rings. The molecule has 0 aliphatic carbocycles. The molecule has 3 nitrogen and oxygen atoms in total. The molecule has 2 N–H and O–H groups in total. The van der Waals surface area contributed by atoms with Gasteiger partial charge in [-0.2, -0.15) is 0 Å². The topological polar surface area (TPSA) is 44.5 Å². The second kappa shape index (κ2) is 6.29. The minimum atomic E-state index is -0.00519. The Balaban J connectivity index is 2.01. The largest absolute Gasteiger partial charge is 0.381 e. The molecule has 1 aromatic heterocycles. The molecule has 0 spiro atoms. The molecule has 2 atom stereocenters. The predicted molar refractivity (Wildman–Crippen MR) is 73.3 cm³/mol. The first-order valence-electron chi connectivity index (χ1n) is 5.91. The highest BCUT2D eigenvalue weighted by molar-refractivity contribution is 9.11. The highest BCUT2D eigenvalue weighted by Crippen LogP contribution is 2.32. The Labute approximate surface area is 114 Å². The van der Waals surface area contributed by atoms with Crippen LogP contribution in [0.15, 0.2) is 15.9 Å². The third-order valence-electron chi connectivity index (χ3n) is 2.86. The number of halogens is 1. The maximum Gasteiger partial charge on any atom is 0.107 e. The third-order valence-corrected chi connectivity index (χ3v) is 4.54. The van der Waals surface area contributed by atoms with E-state index in [2.05, 4.69) is 22.0 Å². The lowest BCUT2D eigenvalue weighted by atomic mass is 10.1. The second-order valence-corrected chi connectivity index (χ2v) is 6.86. The Morgan fingerprint density at radius 2 is 2.18 bits per heavy atom. The first-order valence-corrected chi connectivity index (χ1v) is 7.52. The van der Waals surface area contributed by atoms with Gasteiger partial charge in [-0.3, -0.25) is 0 Å². The standard InChI is InChI=1S/C12H18BrNO2S/c1-8(14)12(10-2-3-11(13)17-10)16-9-4-6-15-7-5-9/h2-3,8-9,12H,4-7,14H2,1H3. The van der Waals surface area contributed by atoms with Crippen LogP contribution in [0.1, 0.15) is 30.7 Å². The number of thiophene rings is 1.